The first kappa shape index (κ1) is 42.1. The van der Waals surface area contributed by atoms with Crippen LogP contribution in [0.5, 0.6) is 0 Å². The lowest BCUT2D eigenvalue weighted by Gasteiger charge is -2.16. The number of aliphatic hydroxyl groups excluding tert-OH is 1. The number of rotatable bonds is 36. The van der Waals surface area contributed by atoms with E-state index in [1.807, 2.05) is 0 Å². The molecular formula is C39H76O4. The zero-order valence-corrected chi connectivity index (χ0v) is 29.2. The minimum atomic E-state index is -0.529. The molecule has 0 amide bonds. The second-order valence-electron chi connectivity index (χ2n) is 13.0. The van der Waals surface area contributed by atoms with Crippen molar-refractivity contribution in [2.24, 2.45) is 0 Å². The Bertz CT molecular complexity index is 561. The summed E-state index contributed by atoms with van der Waals surface area (Å²) >= 11 is 0. The van der Waals surface area contributed by atoms with Crippen molar-refractivity contribution in [3.8, 4) is 0 Å². The van der Waals surface area contributed by atoms with Crippen LogP contribution in [0.2, 0.25) is 0 Å². The summed E-state index contributed by atoms with van der Waals surface area (Å²) in [6.07, 6.45) is 42.5. The molecule has 4 heteroatoms. The van der Waals surface area contributed by atoms with Crippen molar-refractivity contribution in [3.63, 3.8) is 0 Å². The van der Waals surface area contributed by atoms with E-state index >= 15 is 0 Å². The predicted molar refractivity (Wildman–Crippen MR) is 187 cm³/mol. The van der Waals surface area contributed by atoms with Crippen molar-refractivity contribution in [1.29, 1.82) is 0 Å². The minimum absolute atomic E-state index is 0.168. The van der Waals surface area contributed by atoms with Gasteiger partial charge < -0.3 is 14.6 Å². The Balaban J connectivity index is 3.41. The maximum Gasteiger partial charge on any atom is 0.306 e. The van der Waals surface area contributed by atoms with Gasteiger partial charge in [-0.05, 0) is 38.5 Å². The smallest absolute Gasteiger partial charge is 0.306 e. The van der Waals surface area contributed by atoms with Crippen LogP contribution >= 0.6 is 0 Å². The zero-order valence-electron chi connectivity index (χ0n) is 29.2. The fourth-order valence-electron chi connectivity index (χ4n) is 5.68. The van der Waals surface area contributed by atoms with Gasteiger partial charge in [-0.15, -0.1) is 0 Å². The lowest BCUT2D eigenvalue weighted by molar-refractivity contribution is -0.154. The number of unbranched alkanes of at least 4 members (excludes halogenated alkanes) is 26. The Morgan fingerprint density at radius 2 is 0.907 bits per heavy atom. The van der Waals surface area contributed by atoms with Crippen LogP contribution < -0.4 is 0 Å². The molecule has 1 unspecified atom stereocenters. The maximum absolute atomic E-state index is 12.1. The molecule has 0 bridgehead atoms. The number of allylic oxidation sites excluding steroid dienone is 2. The molecule has 0 aliphatic carbocycles. The van der Waals surface area contributed by atoms with Crippen LogP contribution in [-0.2, 0) is 14.3 Å². The van der Waals surface area contributed by atoms with Crippen molar-refractivity contribution in [1.82, 2.24) is 0 Å². The van der Waals surface area contributed by atoms with Gasteiger partial charge in [-0.2, -0.15) is 0 Å². The Hall–Kier alpha value is -0.870. The van der Waals surface area contributed by atoms with E-state index in [0.29, 0.717) is 19.6 Å². The second kappa shape index (κ2) is 37.3. The lowest BCUT2D eigenvalue weighted by Crippen LogP contribution is -2.27. The van der Waals surface area contributed by atoms with Gasteiger partial charge in [0.2, 0.25) is 0 Å². The number of carbonyl (C=O) groups excluding carboxylic acids is 1. The molecule has 256 valence electrons. The van der Waals surface area contributed by atoms with Crippen LogP contribution in [0.1, 0.15) is 206 Å². The van der Waals surface area contributed by atoms with E-state index in [2.05, 4.69) is 26.0 Å². The van der Waals surface area contributed by atoms with E-state index in [-0.39, 0.29) is 12.6 Å². The van der Waals surface area contributed by atoms with Crippen molar-refractivity contribution in [2.45, 2.75) is 213 Å². The Morgan fingerprint density at radius 1 is 0.535 bits per heavy atom. The van der Waals surface area contributed by atoms with Gasteiger partial charge >= 0.3 is 5.97 Å². The molecule has 0 aliphatic heterocycles. The normalized spacial score (nSPS) is 12.3. The lowest BCUT2D eigenvalue weighted by atomic mass is 10.0. The van der Waals surface area contributed by atoms with E-state index in [1.165, 1.54) is 167 Å². The first-order valence-electron chi connectivity index (χ1n) is 19.3. The van der Waals surface area contributed by atoms with Crippen molar-refractivity contribution in [3.05, 3.63) is 12.2 Å². The van der Waals surface area contributed by atoms with Gasteiger partial charge in [-0.1, -0.05) is 174 Å². The molecule has 43 heavy (non-hydrogen) atoms. The topological polar surface area (TPSA) is 55.8 Å². The van der Waals surface area contributed by atoms with Gasteiger partial charge in [0, 0.05) is 13.0 Å². The van der Waals surface area contributed by atoms with Crippen LogP contribution in [0.25, 0.3) is 0 Å². The highest BCUT2D eigenvalue weighted by atomic mass is 16.6. The van der Waals surface area contributed by atoms with E-state index in [9.17, 15) is 9.90 Å². The van der Waals surface area contributed by atoms with E-state index in [1.54, 1.807) is 0 Å². The number of ether oxygens (including phenoxy) is 2. The van der Waals surface area contributed by atoms with Gasteiger partial charge in [-0.25, -0.2) is 0 Å². The standard InChI is InChI=1S/C39H76O4/c1-3-5-7-9-11-13-15-17-18-19-20-21-22-24-26-28-30-32-34-39(41)43-38(36-40)37-42-35-33-31-29-27-25-23-16-14-12-10-8-6-4-2/h18-19,38,40H,3-17,20-37H2,1-2H3/b19-18-. The molecule has 1 atom stereocenters. The number of esters is 1. The summed E-state index contributed by atoms with van der Waals surface area (Å²) in [5.41, 5.74) is 0. The van der Waals surface area contributed by atoms with Gasteiger partial charge in [0.15, 0.2) is 0 Å². The first-order valence-corrected chi connectivity index (χ1v) is 19.3. The molecule has 1 N–H and O–H groups in total. The molecule has 0 fully saturated rings. The maximum atomic E-state index is 12.1. The summed E-state index contributed by atoms with van der Waals surface area (Å²) in [7, 11) is 0. The molecule has 4 nitrogen and oxygen atoms in total. The van der Waals surface area contributed by atoms with Gasteiger partial charge in [0.1, 0.15) is 6.10 Å². The third kappa shape index (κ3) is 35.5. The Morgan fingerprint density at radius 3 is 1.33 bits per heavy atom. The minimum Gasteiger partial charge on any atom is -0.457 e. The number of aliphatic hydroxyl groups is 1. The first-order chi connectivity index (χ1) is 21.2. The highest BCUT2D eigenvalue weighted by molar-refractivity contribution is 5.69. The molecular weight excluding hydrogens is 532 g/mol. The monoisotopic (exact) mass is 609 g/mol. The summed E-state index contributed by atoms with van der Waals surface area (Å²) in [5, 5.41) is 9.56. The summed E-state index contributed by atoms with van der Waals surface area (Å²) in [6, 6.07) is 0. The molecule has 0 saturated carbocycles. The van der Waals surface area contributed by atoms with Crippen molar-refractivity contribution >= 4 is 5.97 Å². The molecule has 0 aliphatic rings. The van der Waals surface area contributed by atoms with E-state index < -0.39 is 6.10 Å². The predicted octanol–water partition coefficient (Wildman–Crippen LogP) is 12.2. The highest BCUT2D eigenvalue weighted by Crippen LogP contribution is 2.14. The third-order valence-electron chi connectivity index (χ3n) is 8.59. The van der Waals surface area contributed by atoms with Crippen LogP contribution in [0.3, 0.4) is 0 Å². The number of carbonyl (C=O) groups is 1. The van der Waals surface area contributed by atoms with Crippen LogP contribution in [0.4, 0.5) is 0 Å². The Kier molecular flexibility index (Phi) is 36.6. The van der Waals surface area contributed by atoms with Crippen molar-refractivity contribution < 1.29 is 19.4 Å². The highest BCUT2D eigenvalue weighted by Gasteiger charge is 2.13. The van der Waals surface area contributed by atoms with Crippen LogP contribution in [0, 0.1) is 0 Å². The summed E-state index contributed by atoms with van der Waals surface area (Å²) < 4.78 is 11.1. The average Bonchev–Trinajstić information content (AvgIpc) is 3.01. The zero-order chi connectivity index (χ0) is 31.3. The summed E-state index contributed by atoms with van der Waals surface area (Å²) in [6.45, 7) is 5.37. The Labute approximate surface area is 269 Å². The molecule has 0 radical (unpaired) electrons. The van der Waals surface area contributed by atoms with Gasteiger partial charge in [0.05, 0.1) is 13.2 Å². The molecule has 0 heterocycles. The molecule has 0 aromatic rings. The molecule has 0 aromatic heterocycles. The quantitative estimate of drug-likeness (QED) is 0.0437. The van der Waals surface area contributed by atoms with Crippen LogP contribution in [-0.4, -0.2) is 37.0 Å². The van der Waals surface area contributed by atoms with Gasteiger partial charge in [-0.3, -0.25) is 4.79 Å². The fourth-order valence-corrected chi connectivity index (χ4v) is 5.68. The molecule has 0 rings (SSSR count). The molecule has 0 saturated heterocycles. The molecule has 0 spiro atoms. The van der Waals surface area contributed by atoms with Crippen molar-refractivity contribution in [2.75, 3.05) is 19.8 Å². The largest absolute Gasteiger partial charge is 0.457 e. The summed E-state index contributed by atoms with van der Waals surface area (Å²) in [5.74, 6) is -0.202. The van der Waals surface area contributed by atoms with E-state index in [0.717, 1.165) is 19.3 Å². The fraction of sp³-hybridized carbons (Fsp3) is 0.923. The molecule has 0 aromatic carbocycles. The second-order valence-corrected chi connectivity index (χ2v) is 13.0. The number of hydrogen-bond donors (Lipinski definition) is 1. The average molecular weight is 609 g/mol. The summed E-state index contributed by atoms with van der Waals surface area (Å²) in [4.78, 5) is 12.1. The number of hydrogen-bond acceptors (Lipinski definition) is 4. The SMILES string of the molecule is CCCCCCCCC/C=C\CCCCCCCCCC(=O)OC(CO)COCCCCCCCCCCCCCCC. The van der Waals surface area contributed by atoms with Gasteiger partial charge in [0.25, 0.3) is 0 Å². The third-order valence-corrected chi connectivity index (χ3v) is 8.59. The van der Waals surface area contributed by atoms with E-state index in [4.69, 9.17) is 9.47 Å². The van der Waals surface area contributed by atoms with Crippen LogP contribution in [0.15, 0.2) is 12.2 Å².